The highest BCUT2D eigenvalue weighted by Crippen LogP contribution is 2.48. The minimum Gasteiger partial charge on any atom is -0.497 e. The molecule has 1 saturated carbocycles. The average Bonchev–Trinajstić information content (AvgIpc) is 3.36. The second kappa shape index (κ2) is 6.63. The Labute approximate surface area is 151 Å². The van der Waals surface area contributed by atoms with Gasteiger partial charge in [0.05, 0.1) is 30.5 Å². The van der Waals surface area contributed by atoms with Crippen molar-refractivity contribution in [2.24, 2.45) is 0 Å². The lowest BCUT2D eigenvalue weighted by atomic mass is 10.00. The fourth-order valence-electron chi connectivity index (χ4n) is 2.98. The fourth-order valence-corrected chi connectivity index (χ4v) is 2.98. The van der Waals surface area contributed by atoms with Gasteiger partial charge in [-0.15, -0.1) is 0 Å². The summed E-state index contributed by atoms with van der Waals surface area (Å²) >= 11 is 0. The highest BCUT2D eigenvalue weighted by molar-refractivity contribution is 5.91. The fraction of sp³-hybridized carbons (Fsp3) is 0.250. The number of hydrogen-bond acceptors (Lipinski definition) is 5. The van der Waals surface area contributed by atoms with Crippen LogP contribution in [0.5, 0.6) is 5.75 Å². The van der Waals surface area contributed by atoms with Crippen LogP contribution in [0.2, 0.25) is 0 Å². The van der Waals surface area contributed by atoms with Crippen LogP contribution in [0.4, 0.5) is 0 Å². The summed E-state index contributed by atoms with van der Waals surface area (Å²) in [4.78, 5) is 16.9. The molecule has 26 heavy (non-hydrogen) atoms. The molecule has 4 rings (SSSR count). The largest absolute Gasteiger partial charge is 0.497 e. The van der Waals surface area contributed by atoms with Crippen molar-refractivity contribution in [2.45, 2.75) is 24.8 Å². The summed E-state index contributed by atoms with van der Waals surface area (Å²) in [5.41, 5.74) is 1.78. The van der Waals surface area contributed by atoms with E-state index in [1.165, 1.54) is 0 Å². The molecule has 0 bridgehead atoms. The molecule has 6 heteroatoms. The number of nitrogens with zero attached hydrogens (tertiary/aromatic N) is 2. The van der Waals surface area contributed by atoms with Crippen LogP contribution in [0.25, 0.3) is 11.3 Å². The number of carbonyl (C=O) groups excluding carboxylic acids is 1. The Morgan fingerprint density at radius 1 is 1.23 bits per heavy atom. The lowest BCUT2D eigenvalue weighted by molar-refractivity contribution is -0.123. The van der Waals surface area contributed by atoms with E-state index in [-0.39, 0.29) is 5.91 Å². The van der Waals surface area contributed by atoms with Crippen LogP contribution in [0.3, 0.4) is 0 Å². The minimum absolute atomic E-state index is 0.0337. The zero-order valence-electron chi connectivity index (χ0n) is 14.4. The second-order valence-corrected chi connectivity index (χ2v) is 6.39. The molecule has 3 aromatic rings. The van der Waals surface area contributed by atoms with Crippen LogP contribution in [0, 0.1) is 0 Å². The van der Waals surface area contributed by atoms with Gasteiger partial charge in [0.2, 0.25) is 5.91 Å². The minimum atomic E-state index is -0.588. The standard InChI is InChI=1S/C20H19N3O3/c1-25-16-7-4-5-14(11-16)17-12-18(23-26-17)20(8-9-20)19(24)22-13-15-6-2-3-10-21-15/h2-7,10-12H,8-9,13H2,1H3,(H,22,24). The predicted molar refractivity (Wildman–Crippen MR) is 95.5 cm³/mol. The van der Waals surface area contributed by atoms with Crippen molar-refractivity contribution >= 4 is 5.91 Å². The van der Waals surface area contributed by atoms with Crippen LogP contribution in [-0.2, 0) is 16.8 Å². The van der Waals surface area contributed by atoms with Gasteiger partial charge in [0, 0.05) is 17.8 Å². The summed E-state index contributed by atoms with van der Waals surface area (Å²) < 4.78 is 10.7. The maximum Gasteiger partial charge on any atom is 0.232 e. The van der Waals surface area contributed by atoms with E-state index < -0.39 is 5.41 Å². The van der Waals surface area contributed by atoms with Gasteiger partial charge in [-0.1, -0.05) is 23.4 Å². The molecule has 132 valence electrons. The van der Waals surface area contributed by atoms with E-state index in [9.17, 15) is 4.79 Å². The zero-order chi connectivity index (χ0) is 18.0. The second-order valence-electron chi connectivity index (χ2n) is 6.39. The topological polar surface area (TPSA) is 77.2 Å². The summed E-state index contributed by atoms with van der Waals surface area (Å²) in [5.74, 6) is 1.34. The molecular weight excluding hydrogens is 330 g/mol. The monoisotopic (exact) mass is 349 g/mol. The normalized spacial score (nSPS) is 14.7. The van der Waals surface area contributed by atoms with Crippen LogP contribution >= 0.6 is 0 Å². The molecule has 6 nitrogen and oxygen atoms in total. The number of rotatable bonds is 6. The highest BCUT2D eigenvalue weighted by Gasteiger charge is 2.53. The molecule has 0 unspecified atom stereocenters. The molecule has 1 fully saturated rings. The van der Waals surface area contributed by atoms with Crippen molar-refractivity contribution in [1.29, 1.82) is 0 Å². The van der Waals surface area contributed by atoms with Gasteiger partial charge in [-0.05, 0) is 37.1 Å². The highest BCUT2D eigenvalue weighted by atomic mass is 16.5. The van der Waals surface area contributed by atoms with Gasteiger partial charge in [0.25, 0.3) is 0 Å². The third kappa shape index (κ3) is 3.06. The maximum absolute atomic E-state index is 12.7. The molecular formula is C20H19N3O3. The summed E-state index contributed by atoms with van der Waals surface area (Å²) in [7, 11) is 1.62. The van der Waals surface area contributed by atoms with E-state index in [1.807, 2.05) is 48.5 Å². The van der Waals surface area contributed by atoms with E-state index >= 15 is 0 Å². The Kier molecular flexibility index (Phi) is 4.16. The molecule has 0 spiro atoms. The number of amides is 1. The Morgan fingerprint density at radius 3 is 2.85 bits per heavy atom. The summed E-state index contributed by atoms with van der Waals surface area (Å²) in [5, 5.41) is 7.13. The number of pyridine rings is 1. The van der Waals surface area contributed by atoms with Gasteiger partial charge >= 0.3 is 0 Å². The average molecular weight is 349 g/mol. The summed E-state index contributed by atoms with van der Waals surface area (Å²) in [6.45, 7) is 0.405. The third-order valence-electron chi connectivity index (χ3n) is 4.70. The van der Waals surface area contributed by atoms with Crippen molar-refractivity contribution in [3.63, 3.8) is 0 Å². The Morgan fingerprint density at radius 2 is 2.12 bits per heavy atom. The summed E-state index contributed by atoms with van der Waals surface area (Å²) in [6, 6.07) is 15.1. The van der Waals surface area contributed by atoms with E-state index in [4.69, 9.17) is 9.26 Å². The lowest BCUT2D eigenvalue weighted by Gasteiger charge is -2.12. The maximum atomic E-state index is 12.7. The molecule has 2 aromatic heterocycles. The Balaban J connectivity index is 1.50. The molecule has 0 aliphatic heterocycles. The van der Waals surface area contributed by atoms with Crippen LogP contribution in [0.15, 0.2) is 59.3 Å². The Bertz CT molecular complexity index is 917. The number of aromatic nitrogens is 2. The molecule has 1 N–H and O–H groups in total. The molecule has 0 saturated heterocycles. The van der Waals surface area contributed by atoms with Gasteiger partial charge in [-0.25, -0.2) is 0 Å². The third-order valence-corrected chi connectivity index (χ3v) is 4.70. The van der Waals surface area contributed by atoms with Crippen LogP contribution in [-0.4, -0.2) is 23.2 Å². The van der Waals surface area contributed by atoms with Crippen molar-refractivity contribution in [2.75, 3.05) is 7.11 Å². The van der Waals surface area contributed by atoms with E-state index in [2.05, 4.69) is 15.5 Å². The van der Waals surface area contributed by atoms with Crippen LogP contribution < -0.4 is 10.1 Å². The van der Waals surface area contributed by atoms with Gasteiger partial charge in [0.15, 0.2) is 5.76 Å². The van der Waals surface area contributed by atoms with Crippen molar-refractivity contribution in [1.82, 2.24) is 15.5 Å². The van der Waals surface area contributed by atoms with Gasteiger partial charge in [-0.2, -0.15) is 0 Å². The van der Waals surface area contributed by atoms with Gasteiger partial charge < -0.3 is 14.6 Å². The number of nitrogens with one attached hydrogen (secondary N) is 1. The first-order chi connectivity index (χ1) is 12.7. The lowest BCUT2D eigenvalue weighted by Crippen LogP contribution is -2.34. The van der Waals surface area contributed by atoms with Gasteiger partial charge in [0.1, 0.15) is 5.75 Å². The van der Waals surface area contributed by atoms with E-state index in [0.717, 1.165) is 29.8 Å². The molecule has 0 atom stereocenters. The van der Waals surface area contributed by atoms with Crippen molar-refractivity contribution in [3.05, 3.63) is 66.1 Å². The number of hydrogen-bond donors (Lipinski definition) is 1. The molecule has 1 aliphatic carbocycles. The van der Waals surface area contributed by atoms with Crippen molar-refractivity contribution in [3.8, 4) is 17.1 Å². The molecule has 1 aliphatic rings. The smallest absolute Gasteiger partial charge is 0.232 e. The number of ether oxygens (including phenoxy) is 1. The number of methoxy groups -OCH3 is 1. The van der Waals surface area contributed by atoms with E-state index in [1.54, 1.807) is 13.3 Å². The van der Waals surface area contributed by atoms with Crippen LogP contribution in [0.1, 0.15) is 24.2 Å². The quantitative estimate of drug-likeness (QED) is 0.740. The van der Waals surface area contributed by atoms with E-state index in [0.29, 0.717) is 18.0 Å². The number of benzene rings is 1. The predicted octanol–water partition coefficient (Wildman–Crippen LogP) is 3.09. The molecule has 1 aromatic carbocycles. The summed E-state index contributed by atoms with van der Waals surface area (Å²) in [6.07, 6.45) is 3.25. The van der Waals surface area contributed by atoms with Crippen molar-refractivity contribution < 1.29 is 14.1 Å². The molecule has 0 radical (unpaired) electrons. The first-order valence-electron chi connectivity index (χ1n) is 8.51. The zero-order valence-corrected chi connectivity index (χ0v) is 14.4. The van der Waals surface area contributed by atoms with Gasteiger partial charge in [-0.3, -0.25) is 9.78 Å². The molecule has 2 heterocycles. The first-order valence-corrected chi connectivity index (χ1v) is 8.51. The first kappa shape index (κ1) is 16.3. The number of carbonyl (C=O) groups is 1. The molecule has 1 amide bonds. The Hall–Kier alpha value is -3.15. The SMILES string of the molecule is COc1cccc(-c2cc(C3(C(=O)NCc4ccccn4)CC3)no2)c1.